The summed E-state index contributed by atoms with van der Waals surface area (Å²) in [6.45, 7) is 8.05. The first-order chi connectivity index (χ1) is 16.2. The van der Waals surface area contributed by atoms with Crippen molar-refractivity contribution in [1.29, 1.82) is 0 Å². The molecule has 0 spiro atoms. The molecular weight excluding hydrogens is 484 g/mol. The van der Waals surface area contributed by atoms with Crippen LogP contribution >= 0.6 is 7.14 Å². The largest absolute Gasteiger partial charge is 0.416 e. The topological polar surface area (TPSA) is 54.9 Å². The Bertz CT molecular complexity index is 1330. The van der Waals surface area contributed by atoms with E-state index in [1.54, 1.807) is 45.4 Å². The number of hydrogen-bond donors (Lipinski definition) is 1. The lowest BCUT2D eigenvalue weighted by atomic mass is 9.97. The van der Waals surface area contributed by atoms with Crippen LogP contribution in [0.2, 0.25) is 0 Å². The molecule has 1 saturated carbocycles. The smallest absolute Gasteiger partial charge is 0.363 e. The van der Waals surface area contributed by atoms with E-state index in [1.165, 1.54) is 13.0 Å². The fourth-order valence-corrected chi connectivity index (χ4v) is 6.02. The summed E-state index contributed by atoms with van der Waals surface area (Å²) in [5.74, 6) is -0.376. The zero-order valence-electron chi connectivity index (χ0n) is 20.0. The van der Waals surface area contributed by atoms with E-state index < -0.39 is 43.2 Å². The number of halogens is 5. The van der Waals surface area contributed by atoms with Gasteiger partial charge in [-0.25, -0.2) is 18.7 Å². The standard InChI is InChI=1S/C25H27F5N3OP/c1-12-15(7-6-8-20(12)25(28,29)30)13(2)31-24-19-10-17(16-9-18(16)23(26)27)22(35(4,5)34)11-21(19)32-14(3)33-24/h6-8,10-11,13,16,18,23H,9H2,1-5H3,(H,31,32,33)/t13?,16-,18+/m1/s1. The van der Waals surface area contributed by atoms with Crippen LogP contribution in [0.15, 0.2) is 30.3 Å². The summed E-state index contributed by atoms with van der Waals surface area (Å²) in [5.41, 5.74) is 0.994. The number of nitrogens with one attached hydrogen (secondary N) is 1. The molecule has 1 fully saturated rings. The summed E-state index contributed by atoms with van der Waals surface area (Å²) < 4.78 is 80.0. The molecule has 0 bridgehead atoms. The van der Waals surface area contributed by atoms with E-state index >= 15 is 0 Å². The second-order valence-electron chi connectivity index (χ2n) is 9.62. The molecule has 1 aromatic heterocycles. The summed E-state index contributed by atoms with van der Waals surface area (Å²) in [5, 5.41) is 4.29. The first kappa shape index (κ1) is 25.5. The normalized spacial score (nSPS) is 19.3. The maximum absolute atomic E-state index is 13.4. The minimum atomic E-state index is -4.47. The predicted molar refractivity (Wildman–Crippen MR) is 128 cm³/mol. The van der Waals surface area contributed by atoms with Gasteiger partial charge in [0.25, 0.3) is 0 Å². The molecule has 0 saturated heterocycles. The van der Waals surface area contributed by atoms with Crippen LogP contribution < -0.4 is 10.6 Å². The highest BCUT2D eigenvalue weighted by Gasteiger charge is 2.47. The summed E-state index contributed by atoms with van der Waals surface area (Å²) in [6, 6.07) is 6.93. The van der Waals surface area contributed by atoms with Crippen LogP contribution in [0.4, 0.5) is 27.8 Å². The Balaban J connectivity index is 1.81. The Morgan fingerprint density at radius 1 is 1.11 bits per heavy atom. The van der Waals surface area contributed by atoms with Crippen LogP contribution in [0.25, 0.3) is 10.9 Å². The van der Waals surface area contributed by atoms with E-state index in [0.717, 1.165) is 6.07 Å². The Morgan fingerprint density at radius 3 is 2.37 bits per heavy atom. The van der Waals surface area contributed by atoms with Gasteiger partial charge in [0.05, 0.1) is 17.1 Å². The maximum atomic E-state index is 13.4. The number of aromatic nitrogens is 2. The fourth-order valence-electron chi connectivity index (χ4n) is 4.73. The van der Waals surface area contributed by atoms with Crippen molar-refractivity contribution in [3.05, 3.63) is 58.4 Å². The number of fused-ring (bicyclic) bond motifs is 1. The third-order valence-electron chi connectivity index (χ3n) is 6.60. The molecule has 35 heavy (non-hydrogen) atoms. The Hall–Kier alpha value is -2.54. The molecule has 4 rings (SSSR count). The predicted octanol–water partition coefficient (Wildman–Crippen LogP) is 7.06. The summed E-state index contributed by atoms with van der Waals surface area (Å²) in [4.78, 5) is 8.93. The average molecular weight is 511 g/mol. The highest BCUT2D eigenvalue weighted by atomic mass is 31.2. The number of aryl methyl sites for hydroxylation is 1. The van der Waals surface area contributed by atoms with Crippen LogP contribution in [-0.4, -0.2) is 29.7 Å². The van der Waals surface area contributed by atoms with Crippen molar-refractivity contribution in [2.75, 3.05) is 18.6 Å². The molecule has 0 radical (unpaired) electrons. The van der Waals surface area contributed by atoms with Gasteiger partial charge in [-0.2, -0.15) is 13.2 Å². The summed E-state index contributed by atoms with van der Waals surface area (Å²) >= 11 is 0. The van der Waals surface area contributed by atoms with Crippen molar-refractivity contribution in [2.45, 2.75) is 51.8 Å². The van der Waals surface area contributed by atoms with Crippen molar-refractivity contribution in [2.24, 2.45) is 5.92 Å². The molecule has 0 amide bonds. The molecule has 1 heterocycles. The number of hydrogen-bond acceptors (Lipinski definition) is 4. The van der Waals surface area contributed by atoms with Crippen molar-refractivity contribution in [3.8, 4) is 0 Å². The quantitative estimate of drug-likeness (QED) is 0.285. The van der Waals surface area contributed by atoms with Crippen LogP contribution in [0.1, 0.15) is 53.4 Å². The SMILES string of the molecule is Cc1nc(NC(C)c2cccc(C(F)(F)F)c2C)c2cc([C@H]3C[C@@H]3C(F)F)c(P(C)(C)=O)cc2n1. The number of nitrogens with zero attached hydrogens (tertiary/aromatic N) is 2. The molecule has 2 aromatic carbocycles. The Kier molecular flexibility index (Phi) is 6.45. The molecule has 1 aliphatic carbocycles. The van der Waals surface area contributed by atoms with Crippen LogP contribution in [-0.2, 0) is 10.7 Å². The lowest BCUT2D eigenvalue weighted by Crippen LogP contribution is -2.16. The maximum Gasteiger partial charge on any atom is 0.416 e. The fraction of sp³-hybridized carbons (Fsp3) is 0.440. The minimum absolute atomic E-state index is 0.119. The summed E-state index contributed by atoms with van der Waals surface area (Å²) in [6.07, 6.45) is -6.62. The minimum Gasteiger partial charge on any atom is -0.363 e. The molecule has 4 nitrogen and oxygen atoms in total. The Morgan fingerprint density at radius 2 is 1.80 bits per heavy atom. The van der Waals surface area contributed by atoms with Crippen LogP contribution in [0.5, 0.6) is 0 Å². The summed E-state index contributed by atoms with van der Waals surface area (Å²) in [7, 11) is -2.80. The first-order valence-electron chi connectivity index (χ1n) is 11.3. The van der Waals surface area contributed by atoms with E-state index in [4.69, 9.17) is 0 Å². The van der Waals surface area contributed by atoms with Gasteiger partial charge in [0.2, 0.25) is 6.43 Å². The molecule has 0 aliphatic heterocycles. The second-order valence-corrected chi connectivity index (χ2v) is 12.8. The van der Waals surface area contributed by atoms with Gasteiger partial charge in [-0.3, -0.25) is 0 Å². The zero-order valence-corrected chi connectivity index (χ0v) is 20.9. The zero-order chi connectivity index (χ0) is 25.9. The van der Waals surface area contributed by atoms with Crippen LogP contribution in [0, 0.1) is 19.8 Å². The first-order valence-corrected chi connectivity index (χ1v) is 13.9. The van der Waals surface area contributed by atoms with Crippen molar-refractivity contribution >= 4 is 29.2 Å². The number of anilines is 1. The molecule has 10 heteroatoms. The van der Waals surface area contributed by atoms with Crippen molar-refractivity contribution in [3.63, 3.8) is 0 Å². The van der Waals surface area contributed by atoms with Gasteiger partial charge >= 0.3 is 6.18 Å². The number of alkyl halides is 5. The monoisotopic (exact) mass is 511 g/mol. The number of benzene rings is 2. The molecule has 3 aromatic rings. The highest BCUT2D eigenvalue weighted by molar-refractivity contribution is 7.70. The molecule has 3 atom stereocenters. The van der Waals surface area contributed by atoms with Gasteiger partial charge in [0.15, 0.2) is 0 Å². The lowest BCUT2D eigenvalue weighted by molar-refractivity contribution is -0.138. The van der Waals surface area contributed by atoms with Gasteiger partial charge in [0, 0.05) is 16.6 Å². The van der Waals surface area contributed by atoms with E-state index in [1.807, 2.05) is 0 Å². The van der Waals surface area contributed by atoms with E-state index in [0.29, 0.717) is 45.4 Å². The lowest BCUT2D eigenvalue weighted by Gasteiger charge is -2.22. The van der Waals surface area contributed by atoms with Gasteiger partial charge in [-0.15, -0.1) is 0 Å². The molecule has 1 unspecified atom stereocenters. The highest BCUT2D eigenvalue weighted by Crippen LogP contribution is 2.53. The third-order valence-corrected chi connectivity index (χ3v) is 8.15. The number of rotatable bonds is 6. The van der Waals surface area contributed by atoms with Crippen molar-refractivity contribution < 1.29 is 26.5 Å². The van der Waals surface area contributed by atoms with Gasteiger partial charge in [0.1, 0.15) is 18.8 Å². The molecule has 1 aliphatic rings. The second kappa shape index (κ2) is 8.84. The van der Waals surface area contributed by atoms with Gasteiger partial charge in [-0.05, 0) is 81.3 Å². The van der Waals surface area contributed by atoms with Crippen molar-refractivity contribution in [1.82, 2.24) is 9.97 Å². The molecule has 1 N–H and O–H groups in total. The molecule has 188 valence electrons. The van der Waals surface area contributed by atoms with E-state index in [9.17, 15) is 26.5 Å². The van der Waals surface area contributed by atoms with Crippen LogP contribution in [0.3, 0.4) is 0 Å². The average Bonchev–Trinajstić information content (AvgIpc) is 3.52. The van der Waals surface area contributed by atoms with E-state index in [2.05, 4.69) is 15.3 Å². The van der Waals surface area contributed by atoms with Gasteiger partial charge in [-0.1, -0.05) is 12.1 Å². The van der Waals surface area contributed by atoms with E-state index in [-0.39, 0.29) is 5.56 Å². The third kappa shape index (κ3) is 5.06. The molecular formula is C25H27F5N3OP. The Labute approximate surface area is 200 Å². The van der Waals surface area contributed by atoms with Gasteiger partial charge < -0.3 is 9.88 Å².